The summed E-state index contributed by atoms with van der Waals surface area (Å²) in [6.07, 6.45) is 3.57. The van der Waals surface area contributed by atoms with E-state index in [2.05, 4.69) is 24.1 Å². The molecule has 2 N–H and O–H groups in total. The van der Waals surface area contributed by atoms with Crippen LogP contribution in [0.1, 0.15) is 33.1 Å². The molecule has 0 aromatic rings. The number of aliphatic hydroxyl groups is 1. The Kier molecular flexibility index (Phi) is 7.82. The first-order chi connectivity index (χ1) is 8.72. The highest BCUT2D eigenvalue weighted by Gasteiger charge is 2.32. The minimum atomic E-state index is 0.258. The molecule has 18 heavy (non-hydrogen) atoms. The highest BCUT2D eigenvalue weighted by molar-refractivity contribution is 4.87. The van der Waals surface area contributed by atoms with Gasteiger partial charge in [0.2, 0.25) is 0 Å². The lowest BCUT2D eigenvalue weighted by molar-refractivity contribution is 0.104. The minimum absolute atomic E-state index is 0.258. The molecular formula is C14H30N2O2. The molecule has 0 amide bonds. The van der Waals surface area contributed by atoms with Crippen LogP contribution >= 0.6 is 0 Å². The third-order valence-electron chi connectivity index (χ3n) is 3.89. The SMILES string of the molecule is CCNC(CCO)CN(CCOC)C(C)C1CC1. The van der Waals surface area contributed by atoms with Crippen LogP contribution < -0.4 is 5.32 Å². The van der Waals surface area contributed by atoms with Crippen LogP contribution in [0.15, 0.2) is 0 Å². The van der Waals surface area contributed by atoms with Gasteiger partial charge in [-0.2, -0.15) is 0 Å². The Labute approximate surface area is 112 Å². The molecule has 0 saturated heterocycles. The Morgan fingerprint density at radius 2 is 2.17 bits per heavy atom. The molecule has 1 aliphatic rings. The van der Waals surface area contributed by atoms with Crippen LogP contribution in [0.25, 0.3) is 0 Å². The number of methoxy groups -OCH3 is 1. The van der Waals surface area contributed by atoms with Crippen molar-refractivity contribution in [2.24, 2.45) is 5.92 Å². The van der Waals surface area contributed by atoms with Crippen LogP contribution in [0.2, 0.25) is 0 Å². The van der Waals surface area contributed by atoms with Gasteiger partial charge in [-0.15, -0.1) is 0 Å². The molecule has 0 aromatic heterocycles. The molecule has 0 spiro atoms. The van der Waals surface area contributed by atoms with Crippen molar-refractivity contribution in [1.29, 1.82) is 0 Å². The van der Waals surface area contributed by atoms with Crippen LogP contribution in [0, 0.1) is 5.92 Å². The second-order valence-electron chi connectivity index (χ2n) is 5.33. The summed E-state index contributed by atoms with van der Waals surface area (Å²) < 4.78 is 5.21. The van der Waals surface area contributed by atoms with E-state index in [1.54, 1.807) is 7.11 Å². The third kappa shape index (κ3) is 5.65. The van der Waals surface area contributed by atoms with E-state index in [0.717, 1.165) is 38.6 Å². The lowest BCUT2D eigenvalue weighted by Gasteiger charge is -2.32. The fourth-order valence-corrected chi connectivity index (χ4v) is 2.53. The first kappa shape index (κ1) is 15.9. The Bertz CT molecular complexity index is 204. The lowest BCUT2D eigenvalue weighted by Crippen LogP contribution is -2.47. The van der Waals surface area contributed by atoms with E-state index in [4.69, 9.17) is 9.84 Å². The van der Waals surface area contributed by atoms with Crippen LogP contribution in [-0.4, -0.2) is 62.0 Å². The molecule has 4 nitrogen and oxygen atoms in total. The number of rotatable bonds is 11. The zero-order valence-corrected chi connectivity index (χ0v) is 12.2. The van der Waals surface area contributed by atoms with Gasteiger partial charge in [0.05, 0.1) is 6.61 Å². The predicted molar refractivity (Wildman–Crippen MR) is 74.8 cm³/mol. The fraction of sp³-hybridized carbons (Fsp3) is 1.00. The van der Waals surface area contributed by atoms with Crippen LogP contribution in [-0.2, 0) is 4.74 Å². The van der Waals surface area contributed by atoms with Crippen molar-refractivity contribution in [2.45, 2.75) is 45.2 Å². The quantitative estimate of drug-likeness (QED) is 0.582. The van der Waals surface area contributed by atoms with Crippen molar-refractivity contribution in [1.82, 2.24) is 10.2 Å². The number of ether oxygens (including phenoxy) is 1. The highest BCUT2D eigenvalue weighted by atomic mass is 16.5. The third-order valence-corrected chi connectivity index (χ3v) is 3.89. The van der Waals surface area contributed by atoms with Gasteiger partial charge in [0, 0.05) is 38.9 Å². The number of likely N-dealkylation sites (N-methyl/N-ethyl adjacent to an activating group) is 1. The van der Waals surface area contributed by atoms with Crippen molar-refractivity contribution in [3.63, 3.8) is 0 Å². The molecule has 108 valence electrons. The van der Waals surface area contributed by atoms with Crippen LogP contribution in [0.5, 0.6) is 0 Å². The highest BCUT2D eigenvalue weighted by Crippen LogP contribution is 2.35. The predicted octanol–water partition coefficient (Wildman–Crippen LogP) is 1.09. The summed E-state index contributed by atoms with van der Waals surface area (Å²) in [5.74, 6) is 0.873. The molecule has 0 aromatic carbocycles. The Hall–Kier alpha value is -0.160. The largest absolute Gasteiger partial charge is 0.396 e. The number of nitrogens with one attached hydrogen (secondary N) is 1. The van der Waals surface area contributed by atoms with E-state index < -0.39 is 0 Å². The van der Waals surface area contributed by atoms with Gasteiger partial charge in [-0.3, -0.25) is 4.90 Å². The zero-order chi connectivity index (χ0) is 13.4. The Balaban J connectivity index is 2.45. The van der Waals surface area contributed by atoms with Crippen molar-refractivity contribution >= 4 is 0 Å². The molecule has 1 saturated carbocycles. The van der Waals surface area contributed by atoms with Crippen molar-refractivity contribution in [3.8, 4) is 0 Å². The summed E-state index contributed by atoms with van der Waals surface area (Å²) in [6.45, 7) is 8.45. The van der Waals surface area contributed by atoms with E-state index in [1.165, 1.54) is 12.8 Å². The second-order valence-corrected chi connectivity index (χ2v) is 5.33. The molecular weight excluding hydrogens is 228 g/mol. The van der Waals surface area contributed by atoms with E-state index in [9.17, 15) is 0 Å². The second kappa shape index (κ2) is 8.86. The lowest BCUT2D eigenvalue weighted by atomic mass is 10.1. The Morgan fingerprint density at radius 3 is 2.67 bits per heavy atom. The van der Waals surface area contributed by atoms with E-state index in [-0.39, 0.29) is 6.61 Å². The van der Waals surface area contributed by atoms with Crippen molar-refractivity contribution in [2.75, 3.05) is 40.0 Å². The zero-order valence-electron chi connectivity index (χ0n) is 12.2. The van der Waals surface area contributed by atoms with E-state index >= 15 is 0 Å². The summed E-state index contributed by atoms with van der Waals surface area (Å²) >= 11 is 0. The van der Waals surface area contributed by atoms with Crippen LogP contribution in [0.3, 0.4) is 0 Å². The topological polar surface area (TPSA) is 44.7 Å². The fourth-order valence-electron chi connectivity index (χ4n) is 2.53. The smallest absolute Gasteiger partial charge is 0.0589 e. The summed E-state index contributed by atoms with van der Waals surface area (Å²) in [6, 6.07) is 1.03. The maximum Gasteiger partial charge on any atom is 0.0589 e. The maximum atomic E-state index is 9.13. The summed E-state index contributed by atoms with van der Waals surface area (Å²) in [5.41, 5.74) is 0. The van der Waals surface area contributed by atoms with Crippen molar-refractivity contribution in [3.05, 3.63) is 0 Å². The first-order valence-electron chi connectivity index (χ1n) is 7.30. The summed E-state index contributed by atoms with van der Waals surface area (Å²) in [4.78, 5) is 2.52. The van der Waals surface area contributed by atoms with Gasteiger partial charge in [-0.05, 0) is 38.6 Å². The molecule has 0 heterocycles. The standard InChI is InChI=1S/C14H30N2O2/c1-4-15-14(7-9-17)11-16(8-10-18-3)12(2)13-5-6-13/h12-15,17H,4-11H2,1-3H3. The first-order valence-corrected chi connectivity index (χ1v) is 7.30. The Morgan fingerprint density at radius 1 is 1.44 bits per heavy atom. The summed E-state index contributed by atoms with van der Waals surface area (Å²) in [7, 11) is 1.76. The molecule has 0 radical (unpaired) electrons. The number of nitrogens with zero attached hydrogens (tertiary/aromatic N) is 1. The number of hydrogen-bond acceptors (Lipinski definition) is 4. The van der Waals surface area contributed by atoms with Crippen molar-refractivity contribution < 1.29 is 9.84 Å². The van der Waals surface area contributed by atoms with Gasteiger partial charge in [0.1, 0.15) is 0 Å². The summed E-state index contributed by atoms with van der Waals surface area (Å²) in [5, 5.41) is 12.6. The van der Waals surface area contributed by atoms with Gasteiger partial charge < -0.3 is 15.2 Å². The van der Waals surface area contributed by atoms with Gasteiger partial charge in [0.15, 0.2) is 0 Å². The number of hydrogen-bond donors (Lipinski definition) is 2. The molecule has 1 aliphatic carbocycles. The monoisotopic (exact) mass is 258 g/mol. The normalized spacial score (nSPS) is 19.2. The molecule has 2 atom stereocenters. The average Bonchev–Trinajstić information content (AvgIpc) is 3.18. The molecule has 0 aliphatic heterocycles. The molecule has 1 rings (SSSR count). The molecule has 2 unspecified atom stereocenters. The van der Waals surface area contributed by atoms with Gasteiger partial charge in [-0.25, -0.2) is 0 Å². The minimum Gasteiger partial charge on any atom is -0.396 e. The average molecular weight is 258 g/mol. The maximum absolute atomic E-state index is 9.13. The number of aliphatic hydroxyl groups excluding tert-OH is 1. The molecule has 4 heteroatoms. The van der Waals surface area contributed by atoms with E-state index in [0.29, 0.717) is 12.1 Å². The van der Waals surface area contributed by atoms with Gasteiger partial charge in [0.25, 0.3) is 0 Å². The van der Waals surface area contributed by atoms with Gasteiger partial charge >= 0.3 is 0 Å². The molecule has 0 bridgehead atoms. The molecule has 1 fully saturated rings. The van der Waals surface area contributed by atoms with E-state index in [1.807, 2.05) is 0 Å². The van der Waals surface area contributed by atoms with Gasteiger partial charge in [-0.1, -0.05) is 6.92 Å². The van der Waals surface area contributed by atoms with Crippen LogP contribution in [0.4, 0.5) is 0 Å².